The number of rotatable bonds is 3. The third-order valence-electron chi connectivity index (χ3n) is 2.33. The topological polar surface area (TPSA) is 33.1 Å². The summed E-state index contributed by atoms with van der Waals surface area (Å²) in [5.74, 6) is 6.48. The lowest BCUT2D eigenvalue weighted by Gasteiger charge is -2.03. The maximum Gasteiger partial charge on any atom is 0.104 e. The second-order valence-corrected chi connectivity index (χ2v) is 4.57. The number of hydrogen-bond donors (Lipinski definition) is 1. The van der Waals surface area contributed by atoms with E-state index in [0.29, 0.717) is 0 Å². The molecule has 0 unspecified atom stereocenters. The Morgan fingerprint density at radius 3 is 2.72 bits per heavy atom. The molecular formula is C15H13NOS. The molecule has 18 heavy (non-hydrogen) atoms. The minimum atomic E-state index is -0.109. The van der Waals surface area contributed by atoms with Gasteiger partial charge in [-0.15, -0.1) is 11.8 Å². The van der Waals surface area contributed by atoms with Crippen LogP contribution in [0.3, 0.4) is 0 Å². The predicted molar refractivity (Wildman–Crippen MR) is 74.2 cm³/mol. The van der Waals surface area contributed by atoms with E-state index in [-0.39, 0.29) is 6.61 Å². The number of aromatic nitrogens is 1. The molecule has 0 amide bonds. The molecule has 0 bridgehead atoms. The highest BCUT2D eigenvalue weighted by Gasteiger charge is 2.01. The Bertz CT molecular complexity index is 557. The van der Waals surface area contributed by atoms with Gasteiger partial charge in [0.15, 0.2) is 0 Å². The molecule has 0 radical (unpaired) electrons. The van der Waals surface area contributed by atoms with E-state index in [4.69, 9.17) is 5.11 Å². The molecule has 0 saturated heterocycles. The smallest absolute Gasteiger partial charge is 0.104 e. The summed E-state index contributed by atoms with van der Waals surface area (Å²) < 4.78 is 0. The number of benzene rings is 1. The van der Waals surface area contributed by atoms with E-state index in [0.717, 1.165) is 21.9 Å². The molecule has 0 aliphatic carbocycles. The van der Waals surface area contributed by atoms with Gasteiger partial charge in [-0.25, -0.2) is 4.98 Å². The van der Waals surface area contributed by atoms with Crippen molar-refractivity contribution in [1.82, 2.24) is 4.98 Å². The Labute approximate surface area is 111 Å². The third kappa shape index (κ3) is 3.63. The van der Waals surface area contributed by atoms with Crippen molar-refractivity contribution in [2.75, 3.05) is 6.61 Å². The fourth-order valence-corrected chi connectivity index (χ4v) is 2.35. The van der Waals surface area contributed by atoms with Gasteiger partial charge in [0.1, 0.15) is 6.61 Å². The number of hydrogen-bond acceptors (Lipinski definition) is 3. The minimum absolute atomic E-state index is 0.109. The summed E-state index contributed by atoms with van der Waals surface area (Å²) in [5, 5.41) is 9.74. The molecule has 1 aromatic heterocycles. The maximum absolute atomic E-state index is 8.74. The highest BCUT2D eigenvalue weighted by Crippen LogP contribution is 2.22. The number of nitrogens with zero attached hydrogens (tertiary/aromatic N) is 1. The van der Waals surface area contributed by atoms with E-state index in [1.54, 1.807) is 18.0 Å². The van der Waals surface area contributed by atoms with Gasteiger partial charge in [0.2, 0.25) is 0 Å². The first-order chi connectivity index (χ1) is 8.90. The molecule has 0 saturated carbocycles. The van der Waals surface area contributed by atoms with Crippen molar-refractivity contribution in [3.05, 3.63) is 59.8 Å². The number of pyridine rings is 1. The van der Waals surface area contributed by atoms with Crippen LogP contribution in [-0.4, -0.2) is 16.7 Å². The molecule has 0 atom stereocenters. The lowest BCUT2D eigenvalue weighted by atomic mass is 10.1. The fraction of sp³-hybridized carbons (Fsp3) is 0.133. The SMILES string of the molecule is OCC#Cc1ccccc1CSc1ccccn1. The molecule has 0 fully saturated rings. The monoisotopic (exact) mass is 255 g/mol. The van der Waals surface area contributed by atoms with Gasteiger partial charge in [-0.2, -0.15) is 0 Å². The molecule has 2 rings (SSSR count). The van der Waals surface area contributed by atoms with Crippen LogP contribution in [0.25, 0.3) is 0 Å². The van der Waals surface area contributed by atoms with Crippen molar-refractivity contribution in [3.8, 4) is 11.8 Å². The van der Waals surface area contributed by atoms with Crippen molar-refractivity contribution < 1.29 is 5.11 Å². The average molecular weight is 255 g/mol. The van der Waals surface area contributed by atoms with Crippen LogP contribution >= 0.6 is 11.8 Å². The van der Waals surface area contributed by atoms with E-state index in [2.05, 4.69) is 22.9 Å². The standard InChI is InChI=1S/C15H13NOS/c17-11-5-8-13-6-1-2-7-14(13)12-18-15-9-3-4-10-16-15/h1-4,6-7,9-10,17H,11-12H2. The zero-order chi connectivity index (χ0) is 12.6. The van der Waals surface area contributed by atoms with Crippen molar-refractivity contribution >= 4 is 11.8 Å². The molecule has 0 spiro atoms. The first-order valence-corrected chi connectivity index (χ1v) is 6.60. The van der Waals surface area contributed by atoms with E-state index >= 15 is 0 Å². The Morgan fingerprint density at radius 2 is 1.94 bits per heavy atom. The number of aliphatic hydroxyl groups excluding tert-OH is 1. The minimum Gasteiger partial charge on any atom is -0.384 e. The molecule has 0 aliphatic heterocycles. The van der Waals surface area contributed by atoms with Crippen molar-refractivity contribution in [1.29, 1.82) is 0 Å². The average Bonchev–Trinajstić information content (AvgIpc) is 2.45. The molecular weight excluding hydrogens is 242 g/mol. The highest BCUT2D eigenvalue weighted by molar-refractivity contribution is 7.98. The van der Waals surface area contributed by atoms with E-state index in [1.165, 1.54) is 0 Å². The van der Waals surface area contributed by atoms with Crippen LogP contribution in [-0.2, 0) is 5.75 Å². The van der Waals surface area contributed by atoms with Crippen molar-refractivity contribution in [2.45, 2.75) is 10.8 Å². The van der Waals surface area contributed by atoms with E-state index < -0.39 is 0 Å². The van der Waals surface area contributed by atoms with Gasteiger partial charge >= 0.3 is 0 Å². The van der Waals surface area contributed by atoms with Crippen LogP contribution in [0, 0.1) is 11.8 Å². The van der Waals surface area contributed by atoms with Gasteiger partial charge in [-0.3, -0.25) is 0 Å². The first kappa shape index (κ1) is 12.7. The lowest BCUT2D eigenvalue weighted by Crippen LogP contribution is -1.88. The molecule has 1 heterocycles. The lowest BCUT2D eigenvalue weighted by molar-refractivity contribution is 0.350. The predicted octanol–water partition coefficient (Wildman–Crippen LogP) is 2.72. The highest BCUT2D eigenvalue weighted by atomic mass is 32.2. The zero-order valence-electron chi connectivity index (χ0n) is 9.84. The van der Waals surface area contributed by atoms with Gasteiger partial charge in [0.25, 0.3) is 0 Å². The number of aliphatic hydroxyl groups is 1. The Morgan fingerprint density at radius 1 is 1.11 bits per heavy atom. The van der Waals surface area contributed by atoms with Gasteiger partial charge in [-0.05, 0) is 23.8 Å². The summed E-state index contributed by atoms with van der Waals surface area (Å²) >= 11 is 1.68. The molecule has 1 N–H and O–H groups in total. The van der Waals surface area contributed by atoms with Crippen LogP contribution in [0.1, 0.15) is 11.1 Å². The van der Waals surface area contributed by atoms with Gasteiger partial charge in [-0.1, -0.05) is 36.1 Å². The van der Waals surface area contributed by atoms with Crippen LogP contribution in [0.5, 0.6) is 0 Å². The van der Waals surface area contributed by atoms with Crippen LogP contribution in [0.4, 0.5) is 0 Å². The summed E-state index contributed by atoms with van der Waals surface area (Å²) in [7, 11) is 0. The molecule has 0 aliphatic rings. The second-order valence-electron chi connectivity index (χ2n) is 3.57. The largest absolute Gasteiger partial charge is 0.384 e. The fourth-order valence-electron chi connectivity index (χ4n) is 1.49. The molecule has 2 nitrogen and oxygen atoms in total. The first-order valence-electron chi connectivity index (χ1n) is 5.61. The Balaban J connectivity index is 2.09. The van der Waals surface area contributed by atoms with Crippen molar-refractivity contribution in [2.24, 2.45) is 0 Å². The maximum atomic E-state index is 8.74. The van der Waals surface area contributed by atoms with Crippen molar-refractivity contribution in [3.63, 3.8) is 0 Å². The van der Waals surface area contributed by atoms with Crippen LogP contribution < -0.4 is 0 Å². The normalized spacial score (nSPS) is 9.61. The molecule has 3 heteroatoms. The number of thioether (sulfide) groups is 1. The summed E-state index contributed by atoms with van der Waals surface area (Å²) in [6, 6.07) is 13.9. The van der Waals surface area contributed by atoms with Gasteiger partial charge in [0.05, 0.1) is 5.03 Å². The Kier molecular flexibility index (Phi) is 4.83. The van der Waals surface area contributed by atoms with Crippen LogP contribution in [0.15, 0.2) is 53.7 Å². The quantitative estimate of drug-likeness (QED) is 0.676. The van der Waals surface area contributed by atoms with Gasteiger partial charge < -0.3 is 5.11 Å². The zero-order valence-corrected chi connectivity index (χ0v) is 10.7. The van der Waals surface area contributed by atoms with E-state index in [1.807, 2.05) is 36.4 Å². The molecule has 1 aromatic carbocycles. The summed E-state index contributed by atoms with van der Waals surface area (Å²) in [4.78, 5) is 4.27. The van der Waals surface area contributed by atoms with Gasteiger partial charge in [0, 0.05) is 17.5 Å². The summed E-state index contributed by atoms with van der Waals surface area (Å²) in [6.45, 7) is -0.109. The third-order valence-corrected chi connectivity index (χ3v) is 3.33. The van der Waals surface area contributed by atoms with Crippen LogP contribution in [0.2, 0.25) is 0 Å². The second kappa shape index (κ2) is 6.85. The Hall–Kier alpha value is -1.76. The summed E-state index contributed by atoms with van der Waals surface area (Å²) in [6.07, 6.45) is 1.79. The molecule has 2 aromatic rings. The molecule has 90 valence electrons. The summed E-state index contributed by atoms with van der Waals surface area (Å²) in [5.41, 5.74) is 2.13. The van der Waals surface area contributed by atoms with E-state index in [9.17, 15) is 0 Å².